The van der Waals surface area contributed by atoms with Crippen LogP contribution in [0.2, 0.25) is 0 Å². The summed E-state index contributed by atoms with van der Waals surface area (Å²) in [6.45, 7) is 5.48. The maximum absolute atomic E-state index is 12.1. The molecule has 0 aromatic heterocycles. The van der Waals surface area contributed by atoms with Gasteiger partial charge in [-0.2, -0.15) is 0 Å². The Morgan fingerprint density at radius 2 is 1.88 bits per heavy atom. The molecule has 1 aromatic carbocycles. The van der Waals surface area contributed by atoms with Crippen LogP contribution in [0.25, 0.3) is 0 Å². The highest BCUT2D eigenvalue weighted by atomic mass is 16.6. The molecule has 1 heterocycles. The van der Waals surface area contributed by atoms with Crippen LogP contribution in [0.4, 0.5) is 4.79 Å². The molecule has 0 spiro atoms. The molecule has 26 heavy (non-hydrogen) atoms. The highest BCUT2D eigenvalue weighted by molar-refractivity contribution is 5.86. The van der Waals surface area contributed by atoms with E-state index in [-0.39, 0.29) is 24.8 Å². The number of esters is 1. The Morgan fingerprint density at radius 3 is 2.54 bits per heavy atom. The number of rotatable bonds is 4. The zero-order valence-corrected chi connectivity index (χ0v) is 15.4. The lowest BCUT2D eigenvalue weighted by atomic mass is 10.1. The van der Waals surface area contributed by atoms with Crippen LogP contribution in [0.15, 0.2) is 30.3 Å². The van der Waals surface area contributed by atoms with E-state index in [4.69, 9.17) is 9.47 Å². The van der Waals surface area contributed by atoms with Crippen LogP contribution >= 0.6 is 0 Å². The van der Waals surface area contributed by atoms with Crippen molar-refractivity contribution in [1.82, 2.24) is 10.6 Å². The van der Waals surface area contributed by atoms with Crippen LogP contribution in [-0.2, 0) is 25.5 Å². The minimum absolute atomic E-state index is 0.185. The average molecular weight is 362 g/mol. The number of carbonyl (C=O) groups is 3. The molecule has 1 saturated heterocycles. The third-order valence-electron chi connectivity index (χ3n) is 3.78. The molecular weight excluding hydrogens is 336 g/mol. The molecule has 0 radical (unpaired) electrons. The fourth-order valence-electron chi connectivity index (χ4n) is 2.60. The van der Waals surface area contributed by atoms with Gasteiger partial charge in [0, 0.05) is 0 Å². The van der Waals surface area contributed by atoms with Crippen molar-refractivity contribution in [3.05, 3.63) is 35.9 Å². The summed E-state index contributed by atoms with van der Waals surface area (Å²) in [5.41, 5.74) is 0.237. The van der Waals surface area contributed by atoms with Crippen molar-refractivity contribution >= 4 is 18.0 Å². The van der Waals surface area contributed by atoms with Gasteiger partial charge < -0.3 is 20.1 Å². The summed E-state index contributed by atoms with van der Waals surface area (Å²) in [7, 11) is 0. The Bertz CT molecular complexity index is 639. The molecule has 2 amide bonds. The minimum Gasteiger partial charge on any atom is -0.460 e. The fraction of sp³-hybridized carbons (Fsp3) is 0.526. The molecule has 7 nitrogen and oxygen atoms in total. The molecule has 0 unspecified atom stereocenters. The number of amides is 2. The van der Waals surface area contributed by atoms with Crippen molar-refractivity contribution in [2.45, 2.75) is 57.8 Å². The topological polar surface area (TPSA) is 93.7 Å². The van der Waals surface area contributed by atoms with Crippen LogP contribution in [0, 0.1) is 0 Å². The van der Waals surface area contributed by atoms with Crippen molar-refractivity contribution < 1.29 is 23.9 Å². The van der Waals surface area contributed by atoms with E-state index >= 15 is 0 Å². The zero-order valence-electron chi connectivity index (χ0n) is 15.4. The van der Waals surface area contributed by atoms with Gasteiger partial charge in [0.1, 0.15) is 17.7 Å². The molecule has 2 rings (SSSR count). The average Bonchev–Trinajstić information content (AvgIpc) is 2.70. The second-order valence-electron chi connectivity index (χ2n) is 7.30. The van der Waals surface area contributed by atoms with Crippen LogP contribution in [-0.4, -0.2) is 42.3 Å². The molecule has 2 atom stereocenters. The number of ether oxygens (including phenoxy) is 2. The van der Waals surface area contributed by atoms with Gasteiger partial charge in [0.05, 0.1) is 13.0 Å². The number of benzene rings is 1. The van der Waals surface area contributed by atoms with Crippen LogP contribution in [0.1, 0.15) is 39.2 Å². The summed E-state index contributed by atoms with van der Waals surface area (Å²) in [5, 5.41) is 5.26. The summed E-state index contributed by atoms with van der Waals surface area (Å²) < 4.78 is 10.6. The van der Waals surface area contributed by atoms with Gasteiger partial charge in [-0.15, -0.1) is 0 Å². The summed E-state index contributed by atoms with van der Waals surface area (Å²) in [6.07, 6.45) is -0.0309. The maximum atomic E-state index is 12.1. The lowest BCUT2D eigenvalue weighted by Crippen LogP contribution is -2.47. The number of hydrogen-bond donors (Lipinski definition) is 2. The minimum atomic E-state index is -0.706. The molecule has 1 aliphatic rings. The summed E-state index contributed by atoms with van der Waals surface area (Å²) >= 11 is 0. The molecular formula is C19H26N2O5. The lowest BCUT2D eigenvalue weighted by Gasteiger charge is -2.22. The standard InChI is InChI=1S/C19H26N2O5/c1-19(2,3)26-18(24)21-15-10-9-14(12-20-17(15)23)25-16(22)11-13-7-5-4-6-8-13/h4-8,14-15H,9-12H2,1-3H3,(H,20,23)(H,21,24)/t14-,15+/m1/s1. The largest absolute Gasteiger partial charge is 0.460 e. The molecule has 2 N–H and O–H groups in total. The second kappa shape index (κ2) is 8.69. The summed E-state index contributed by atoms with van der Waals surface area (Å²) in [6, 6.07) is 8.62. The van der Waals surface area contributed by atoms with Gasteiger partial charge in [0.15, 0.2) is 0 Å². The predicted molar refractivity (Wildman–Crippen MR) is 95.4 cm³/mol. The third kappa shape index (κ3) is 6.74. The Kier molecular flexibility index (Phi) is 6.60. The highest BCUT2D eigenvalue weighted by Gasteiger charge is 2.29. The molecule has 0 saturated carbocycles. The lowest BCUT2D eigenvalue weighted by molar-refractivity contribution is -0.148. The van der Waals surface area contributed by atoms with E-state index in [9.17, 15) is 14.4 Å². The van der Waals surface area contributed by atoms with E-state index in [1.165, 1.54) is 0 Å². The van der Waals surface area contributed by atoms with E-state index in [0.29, 0.717) is 12.8 Å². The van der Waals surface area contributed by atoms with E-state index in [1.807, 2.05) is 30.3 Å². The third-order valence-corrected chi connectivity index (χ3v) is 3.78. The summed E-state index contributed by atoms with van der Waals surface area (Å²) in [5.74, 6) is -0.647. The van der Waals surface area contributed by atoms with E-state index in [2.05, 4.69) is 10.6 Å². The van der Waals surface area contributed by atoms with Crippen molar-refractivity contribution in [2.75, 3.05) is 6.54 Å². The van der Waals surface area contributed by atoms with Crippen molar-refractivity contribution in [1.29, 1.82) is 0 Å². The highest BCUT2D eigenvalue weighted by Crippen LogP contribution is 2.13. The van der Waals surface area contributed by atoms with E-state index in [1.54, 1.807) is 20.8 Å². The number of hydrogen-bond acceptors (Lipinski definition) is 5. The fourth-order valence-corrected chi connectivity index (χ4v) is 2.60. The molecule has 1 fully saturated rings. The van der Waals surface area contributed by atoms with Crippen molar-refractivity contribution in [3.8, 4) is 0 Å². The smallest absolute Gasteiger partial charge is 0.408 e. The molecule has 0 bridgehead atoms. The molecule has 1 aromatic rings. The van der Waals surface area contributed by atoms with Crippen molar-refractivity contribution in [2.24, 2.45) is 0 Å². The molecule has 0 aliphatic carbocycles. The van der Waals surface area contributed by atoms with Gasteiger partial charge in [-0.1, -0.05) is 30.3 Å². The predicted octanol–water partition coefficient (Wildman–Crippen LogP) is 1.94. The Balaban J connectivity index is 1.83. The normalized spacial score (nSPS) is 20.5. The van der Waals surface area contributed by atoms with Gasteiger partial charge in [-0.05, 0) is 39.2 Å². The molecule has 142 valence electrons. The zero-order chi connectivity index (χ0) is 19.2. The first-order valence-corrected chi connectivity index (χ1v) is 8.73. The van der Waals surface area contributed by atoms with Gasteiger partial charge in [-0.3, -0.25) is 9.59 Å². The van der Waals surface area contributed by atoms with Crippen molar-refractivity contribution in [3.63, 3.8) is 0 Å². The first-order valence-electron chi connectivity index (χ1n) is 8.73. The summed E-state index contributed by atoms with van der Waals surface area (Å²) in [4.78, 5) is 36.0. The Morgan fingerprint density at radius 1 is 1.19 bits per heavy atom. The van der Waals surface area contributed by atoms with E-state index in [0.717, 1.165) is 5.56 Å². The molecule has 1 aliphatic heterocycles. The Hall–Kier alpha value is -2.57. The maximum Gasteiger partial charge on any atom is 0.408 e. The molecule has 7 heteroatoms. The monoisotopic (exact) mass is 362 g/mol. The van der Waals surface area contributed by atoms with Crippen LogP contribution in [0.5, 0.6) is 0 Å². The van der Waals surface area contributed by atoms with Crippen LogP contribution in [0.3, 0.4) is 0 Å². The first-order chi connectivity index (χ1) is 12.2. The number of nitrogens with one attached hydrogen (secondary N) is 2. The SMILES string of the molecule is CC(C)(C)OC(=O)N[C@H]1CC[C@@H](OC(=O)Cc2ccccc2)CNC1=O. The van der Waals surface area contributed by atoms with E-state index < -0.39 is 23.8 Å². The number of carbonyl (C=O) groups excluding carboxylic acids is 3. The second-order valence-corrected chi connectivity index (χ2v) is 7.30. The van der Waals surface area contributed by atoms with Gasteiger partial charge in [0.25, 0.3) is 0 Å². The quantitative estimate of drug-likeness (QED) is 0.799. The van der Waals surface area contributed by atoms with Gasteiger partial charge in [-0.25, -0.2) is 4.79 Å². The number of alkyl carbamates (subject to hydrolysis) is 1. The van der Waals surface area contributed by atoms with Crippen LogP contribution < -0.4 is 10.6 Å². The van der Waals surface area contributed by atoms with Gasteiger partial charge in [0.2, 0.25) is 5.91 Å². The first kappa shape index (κ1) is 19.8. The Labute approximate surface area is 153 Å². The van der Waals surface area contributed by atoms with Gasteiger partial charge >= 0.3 is 12.1 Å².